The van der Waals surface area contributed by atoms with Crippen LogP contribution in [0.1, 0.15) is 28.9 Å². The van der Waals surface area contributed by atoms with Gasteiger partial charge in [-0.1, -0.05) is 48.0 Å². The zero-order valence-corrected chi connectivity index (χ0v) is 24.0. The SMILES string of the molecule is Cc1c(C(=O)N2CCC2)c(-c2cccc(N3CCN(C4=CCC=C(N)C=C4)CC3)c2)c(-c2ccc(Cl)cc2)n1C. The molecule has 3 aromatic rings. The molecule has 0 unspecified atom stereocenters. The van der Waals surface area contributed by atoms with Gasteiger partial charge in [0.05, 0.1) is 11.3 Å². The van der Waals surface area contributed by atoms with Crippen LogP contribution in [-0.2, 0) is 7.05 Å². The molecule has 3 aliphatic rings. The zero-order valence-electron chi connectivity index (χ0n) is 23.2. The number of carbonyl (C=O) groups is 1. The van der Waals surface area contributed by atoms with Crippen molar-refractivity contribution < 1.29 is 4.79 Å². The minimum absolute atomic E-state index is 0.119. The van der Waals surface area contributed by atoms with E-state index in [1.54, 1.807) is 0 Å². The third-order valence-electron chi connectivity index (χ3n) is 8.43. The molecule has 2 aliphatic heterocycles. The van der Waals surface area contributed by atoms with Gasteiger partial charge in [-0.3, -0.25) is 4.79 Å². The number of amides is 1. The minimum Gasteiger partial charge on any atom is -0.399 e. The summed E-state index contributed by atoms with van der Waals surface area (Å²) in [7, 11) is 2.05. The lowest BCUT2D eigenvalue weighted by Crippen LogP contribution is -2.45. The highest BCUT2D eigenvalue weighted by molar-refractivity contribution is 6.30. The van der Waals surface area contributed by atoms with Crippen LogP contribution in [-0.4, -0.2) is 59.5 Å². The third-order valence-corrected chi connectivity index (χ3v) is 8.69. The van der Waals surface area contributed by atoms with Crippen molar-refractivity contribution in [1.29, 1.82) is 0 Å². The third kappa shape index (κ3) is 4.92. The molecular formula is C33H36ClN5O. The van der Waals surface area contributed by atoms with Gasteiger partial charge in [-0.05, 0) is 67.3 Å². The van der Waals surface area contributed by atoms with Crippen LogP contribution >= 0.6 is 11.6 Å². The molecule has 6 rings (SSSR count). The Morgan fingerprint density at radius 2 is 1.60 bits per heavy atom. The molecule has 0 atom stereocenters. The first-order chi connectivity index (χ1) is 19.4. The van der Waals surface area contributed by atoms with Gasteiger partial charge in [-0.15, -0.1) is 0 Å². The fourth-order valence-corrected chi connectivity index (χ4v) is 6.04. The average molecular weight is 554 g/mol. The quantitative estimate of drug-likeness (QED) is 0.422. The van der Waals surface area contributed by atoms with Gasteiger partial charge in [0.1, 0.15) is 0 Å². The maximum Gasteiger partial charge on any atom is 0.256 e. The number of halogens is 1. The molecule has 2 fully saturated rings. The summed E-state index contributed by atoms with van der Waals surface area (Å²) in [6.07, 6.45) is 10.3. The van der Waals surface area contributed by atoms with Crippen LogP contribution in [0.25, 0.3) is 22.4 Å². The smallest absolute Gasteiger partial charge is 0.256 e. The van der Waals surface area contributed by atoms with E-state index in [-0.39, 0.29) is 5.91 Å². The Kier molecular flexibility index (Phi) is 7.20. The number of carbonyl (C=O) groups excluding carboxylic acids is 1. The molecule has 40 heavy (non-hydrogen) atoms. The van der Waals surface area contributed by atoms with E-state index in [1.165, 1.54) is 11.4 Å². The van der Waals surface area contributed by atoms with E-state index < -0.39 is 0 Å². The van der Waals surface area contributed by atoms with E-state index in [9.17, 15) is 4.79 Å². The van der Waals surface area contributed by atoms with Crippen LogP contribution in [0.5, 0.6) is 0 Å². The maximum atomic E-state index is 13.8. The summed E-state index contributed by atoms with van der Waals surface area (Å²) in [5.74, 6) is 0.119. The number of anilines is 1. The first-order valence-electron chi connectivity index (χ1n) is 14.1. The lowest BCUT2D eigenvalue weighted by molar-refractivity contribution is 0.0651. The molecule has 1 aliphatic carbocycles. The topological polar surface area (TPSA) is 57.7 Å². The van der Waals surface area contributed by atoms with Crippen LogP contribution in [0, 0.1) is 6.92 Å². The molecule has 1 amide bonds. The lowest BCUT2D eigenvalue weighted by Gasteiger charge is -2.38. The molecule has 1 aromatic heterocycles. The lowest BCUT2D eigenvalue weighted by atomic mass is 9.95. The Bertz CT molecular complexity index is 1520. The van der Waals surface area contributed by atoms with Gasteiger partial charge in [0.25, 0.3) is 5.91 Å². The molecule has 2 N–H and O–H groups in total. The molecule has 2 aromatic carbocycles. The van der Waals surface area contributed by atoms with Gasteiger partial charge < -0.3 is 25.0 Å². The van der Waals surface area contributed by atoms with Crippen molar-refractivity contribution >= 4 is 23.2 Å². The molecule has 0 saturated carbocycles. The van der Waals surface area contributed by atoms with Crippen molar-refractivity contribution in [2.24, 2.45) is 12.8 Å². The van der Waals surface area contributed by atoms with Gasteiger partial charge in [0, 0.05) is 79.7 Å². The Balaban J connectivity index is 1.34. The maximum absolute atomic E-state index is 13.8. The highest BCUT2D eigenvalue weighted by Gasteiger charge is 2.31. The number of hydrogen-bond acceptors (Lipinski definition) is 4. The van der Waals surface area contributed by atoms with Crippen LogP contribution in [0.4, 0.5) is 5.69 Å². The summed E-state index contributed by atoms with van der Waals surface area (Å²) >= 11 is 6.24. The second-order valence-corrected chi connectivity index (χ2v) is 11.3. The summed E-state index contributed by atoms with van der Waals surface area (Å²) < 4.78 is 2.16. The van der Waals surface area contributed by atoms with E-state index in [0.717, 1.165) is 91.4 Å². The second-order valence-electron chi connectivity index (χ2n) is 10.8. The number of aromatic nitrogens is 1. The Hall–Kier alpha value is -3.90. The number of rotatable bonds is 5. The molecule has 0 spiro atoms. The van der Waals surface area contributed by atoms with Gasteiger partial charge >= 0.3 is 0 Å². The van der Waals surface area contributed by atoms with Crippen molar-refractivity contribution in [1.82, 2.24) is 14.4 Å². The number of benzene rings is 2. The van der Waals surface area contributed by atoms with Gasteiger partial charge in [-0.2, -0.15) is 0 Å². The first-order valence-corrected chi connectivity index (χ1v) is 14.5. The molecule has 7 heteroatoms. The van der Waals surface area contributed by atoms with Crippen molar-refractivity contribution in [2.45, 2.75) is 19.8 Å². The second kappa shape index (κ2) is 10.9. The van der Waals surface area contributed by atoms with Crippen LogP contribution in [0.3, 0.4) is 0 Å². The van der Waals surface area contributed by atoms with E-state index in [0.29, 0.717) is 5.02 Å². The summed E-state index contributed by atoms with van der Waals surface area (Å²) in [6.45, 7) is 7.44. The Morgan fingerprint density at radius 3 is 2.30 bits per heavy atom. The van der Waals surface area contributed by atoms with Crippen molar-refractivity contribution in [3.63, 3.8) is 0 Å². The molecule has 3 heterocycles. The van der Waals surface area contributed by atoms with E-state index in [2.05, 4.69) is 70.8 Å². The number of nitrogens with two attached hydrogens (primary N) is 1. The van der Waals surface area contributed by atoms with Crippen molar-refractivity contribution in [3.8, 4) is 22.4 Å². The number of nitrogens with zero attached hydrogens (tertiary/aromatic N) is 4. The van der Waals surface area contributed by atoms with Crippen LogP contribution in [0.15, 0.2) is 84.2 Å². The molecular weight excluding hydrogens is 518 g/mol. The molecule has 2 saturated heterocycles. The molecule has 6 nitrogen and oxygen atoms in total. The van der Waals surface area contributed by atoms with E-state index in [4.69, 9.17) is 17.3 Å². The van der Waals surface area contributed by atoms with E-state index >= 15 is 0 Å². The Labute approximate surface area is 241 Å². The summed E-state index contributed by atoms with van der Waals surface area (Å²) in [4.78, 5) is 20.6. The zero-order chi connectivity index (χ0) is 27.8. The summed E-state index contributed by atoms with van der Waals surface area (Å²) in [5, 5.41) is 0.698. The highest BCUT2D eigenvalue weighted by atomic mass is 35.5. The average Bonchev–Trinajstić information content (AvgIpc) is 3.05. The van der Waals surface area contributed by atoms with Gasteiger partial charge in [-0.25, -0.2) is 0 Å². The highest BCUT2D eigenvalue weighted by Crippen LogP contribution is 2.41. The van der Waals surface area contributed by atoms with Crippen molar-refractivity contribution in [3.05, 3.63) is 101 Å². The number of hydrogen-bond donors (Lipinski definition) is 1. The molecule has 0 bridgehead atoms. The van der Waals surface area contributed by atoms with E-state index in [1.807, 2.05) is 35.2 Å². The number of allylic oxidation sites excluding steroid dienone is 4. The minimum atomic E-state index is 0.119. The van der Waals surface area contributed by atoms with Crippen LogP contribution in [0.2, 0.25) is 5.02 Å². The van der Waals surface area contributed by atoms with Crippen molar-refractivity contribution in [2.75, 3.05) is 44.2 Å². The van der Waals surface area contributed by atoms with Gasteiger partial charge in [0.2, 0.25) is 0 Å². The fourth-order valence-electron chi connectivity index (χ4n) is 5.92. The largest absolute Gasteiger partial charge is 0.399 e. The monoisotopic (exact) mass is 553 g/mol. The molecule has 206 valence electrons. The predicted molar refractivity (Wildman–Crippen MR) is 164 cm³/mol. The van der Waals surface area contributed by atoms with Gasteiger partial charge in [0.15, 0.2) is 0 Å². The predicted octanol–water partition coefficient (Wildman–Crippen LogP) is 5.98. The number of likely N-dealkylation sites (tertiary alicyclic amines) is 1. The fraction of sp³-hybridized carbons (Fsp3) is 0.303. The Morgan fingerprint density at radius 1 is 0.875 bits per heavy atom. The normalized spacial score (nSPS) is 17.3. The van der Waals surface area contributed by atoms with Crippen LogP contribution < -0.4 is 10.6 Å². The summed E-state index contributed by atoms with van der Waals surface area (Å²) in [6, 6.07) is 16.6. The number of piperazine rings is 1. The molecule has 0 radical (unpaired) electrons. The first kappa shape index (κ1) is 26.3. The summed E-state index contributed by atoms with van der Waals surface area (Å²) in [5.41, 5.74) is 15.2. The standard InChI is InChI=1S/C33H36ClN5O/c1-23-30(33(40)39-16-5-17-39)31(32(36(23)2)24-10-12-26(34)13-11-24)25-6-3-9-29(22-25)38-20-18-37(19-21-38)28-8-4-7-27(35)14-15-28/h3,6-15,22H,4-5,16-21,35H2,1-2H3.